The predicted octanol–water partition coefficient (Wildman–Crippen LogP) is 9.96. The van der Waals surface area contributed by atoms with Crippen molar-refractivity contribution in [2.75, 3.05) is 13.2 Å². The van der Waals surface area contributed by atoms with Gasteiger partial charge in [-0.2, -0.15) is 0 Å². The molecule has 6 rings (SSSR count). The van der Waals surface area contributed by atoms with Gasteiger partial charge in [0.1, 0.15) is 6.10 Å². The number of ether oxygens (including phenoxy) is 3. The second-order valence-electron chi connectivity index (χ2n) is 19.9. The summed E-state index contributed by atoms with van der Waals surface area (Å²) in [6, 6.07) is 0. The van der Waals surface area contributed by atoms with Crippen LogP contribution in [0.3, 0.4) is 0 Å². The summed E-state index contributed by atoms with van der Waals surface area (Å²) in [6.07, 6.45) is 23.7. The molecule has 0 aliphatic heterocycles. The van der Waals surface area contributed by atoms with Crippen molar-refractivity contribution in [2.24, 2.45) is 52.8 Å². The second kappa shape index (κ2) is 20.6. The Morgan fingerprint density at radius 2 is 1.02 bits per heavy atom. The minimum absolute atomic E-state index is 0.116. The largest absolute Gasteiger partial charge is 0.481 e. The zero-order valence-corrected chi connectivity index (χ0v) is 34.7. The first-order valence-electron chi connectivity index (χ1n) is 22.8. The van der Waals surface area contributed by atoms with Gasteiger partial charge in [0.2, 0.25) is 0 Å². The van der Waals surface area contributed by atoms with Gasteiger partial charge in [0, 0.05) is 0 Å². The molecule has 0 saturated heterocycles. The lowest BCUT2D eigenvalue weighted by Crippen LogP contribution is -2.40. The third-order valence-electron chi connectivity index (χ3n) is 15.7. The SMILES string of the molecule is CC1CCC(COO)C(COOC2CCC(OC3CCC(C(C)(C)C4CCC(OC5CCC(OC(=O)C6CC(C)CCC6C(=O)O)CC5)CC4)CC3)CC2)C1. The highest BCUT2D eigenvalue weighted by atomic mass is 17.2. The summed E-state index contributed by atoms with van der Waals surface area (Å²) in [4.78, 5) is 40.9. The fourth-order valence-corrected chi connectivity index (χ4v) is 11.8. The molecule has 6 unspecified atom stereocenters. The molecule has 6 fully saturated rings. The third-order valence-corrected chi connectivity index (χ3v) is 15.7. The smallest absolute Gasteiger partial charge is 0.310 e. The molecule has 0 radical (unpaired) electrons. The van der Waals surface area contributed by atoms with E-state index in [-0.39, 0.29) is 24.3 Å². The molecule has 10 nitrogen and oxygen atoms in total. The van der Waals surface area contributed by atoms with Gasteiger partial charge in [-0.1, -0.05) is 34.1 Å². The highest BCUT2D eigenvalue weighted by Gasteiger charge is 2.43. The van der Waals surface area contributed by atoms with Gasteiger partial charge in [0.15, 0.2) is 0 Å². The molecule has 0 amide bonds. The first-order valence-corrected chi connectivity index (χ1v) is 22.8. The van der Waals surface area contributed by atoms with Gasteiger partial charge >= 0.3 is 11.9 Å². The molecule has 0 aromatic rings. The second-order valence-corrected chi connectivity index (χ2v) is 19.9. The van der Waals surface area contributed by atoms with Crippen LogP contribution in [-0.2, 0) is 38.5 Å². The summed E-state index contributed by atoms with van der Waals surface area (Å²) >= 11 is 0. The molecule has 0 spiro atoms. The standard InChI is InChI=1S/C45H76O10/c1-29-5-7-31(27-50-49)32(25-29)28-51-55-40-22-20-38(21-23-40)53-36-14-10-34(11-15-36)45(3,4)33-8-12-35(13-9-33)52-37-16-18-39(19-17-37)54-44(48)42-26-30(2)6-24-41(42)43(46)47/h29-42,49H,5-28H2,1-4H3,(H,46,47). The number of rotatable bonds is 15. The highest BCUT2D eigenvalue weighted by Crippen LogP contribution is 2.49. The number of carboxylic acids is 1. The first-order chi connectivity index (χ1) is 26.5. The van der Waals surface area contributed by atoms with E-state index in [1.807, 2.05) is 0 Å². The quantitative estimate of drug-likeness (QED) is 0.0942. The number of carbonyl (C=O) groups is 2. The number of hydrogen-bond acceptors (Lipinski definition) is 9. The Balaban J connectivity index is 0.825. The van der Waals surface area contributed by atoms with Crippen molar-refractivity contribution >= 4 is 11.9 Å². The van der Waals surface area contributed by atoms with Crippen molar-refractivity contribution < 1.29 is 48.8 Å². The molecule has 6 saturated carbocycles. The number of esters is 1. The average molecular weight is 777 g/mol. The number of carboxylic acid groups (broad SMARTS) is 1. The van der Waals surface area contributed by atoms with E-state index in [1.165, 1.54) is 44.9 Å². The zero-order chi connectivity index (χ0) is 39.0. The molecule has 0 bridgehead atoms. The Labute approximate surface area is 331 Å². The van der Waals surface area contributed by atoms with Crippen LogP contribution >= 0.6 is 0 Å². The van der Waals surface area contributed by atoms with E-state index < -0.39 is 17.8 Å². The molecule has 2 N–H and O–H groups in total. The highest BCUT2D eigenvalue weighted by molar-refractivity contribution is 5.81. The maximum absolute atomic E-state index is 13.0. The number of carbonyl (C=O) groups excluding carboxylic acids is 1. The molecule has 316 valence electrons. The minimum atomic E-state index is -0.865. The van der Waals surface area contributed by atoms with Crippen LogP contribution < -0.4 is 0 Å². The van der Waals surface area contributed by atoms with Gasteiger partial charge in [-0.05, 0) is 176 Å². The predicted molar refractivity (Wildman–Crippen MR) is 209 cm³/mol. The summed E-state index contributed by atoms with van der Waals surface area (Å²) in [5.41, 5.74) is 0.323. The molecule has 0 aromatic heterocycles. The molecule has 0 heterocycles. The van der Waals surface area contributed by atoms with E-state index in [0.29, 0.717) is 73.5 Å². The van der Waals surface area contributed by atoms with Gasteiger partial charge in [0.05, 0.1) is 55.6 Å². The first kappa shape index (κ1) is 43.3. The maximum atomic E-state index is 13.0. The van der Waals surface area contributed by atoms with Gasteiger partial charge < -0.3 is 19.3 Å². The topological polar surface area (TPSA) is 130 Å². The van der Waals surface area contributed by atoms with Crippen molar-refractivity contribution in [2.45, 2.75) is 206 Å². The Morgan fingerprint density at radius 1 is 0.545 bits per heavy atom. The van der Waals surface area contributed by atoms with E-state index in [1.54, 1.807) is 0 Å². The van der Waals surface area contributed by atoms with Gasteiger partial charge in [-0.25, -0.2) is 14.7 Å². The Morgan fingerprint density at radius 3 is 1.55 bits per heavy atom. The van der Waals surface area contributed by atoms with Gasteiger partial charge in [0.25, 0.3) is 0 Å². The van der Waals surface area contributed by atoms with E-state index in [2.05, 4.69) is 32.6 Å². The van der Waals surface area contributed by atoms with Crippen LogP contribution in [0.15, 0.2) is 0 Å². The van der Waals surface area contributed by atoms with E-state index in [4.69, 9.17) is 29.2 Å². The molecule has 6 aliphatic rings. The van der Waals surface area contributed by atoms with Crippen molar-refractivity contribution in [1.82, 2.24) is 0 Å². The van der Waals surface area contributed by atoms with Crippen molar-refractivity contribution in [3.8, 4) is 0 Å². The lowest BCUT2D eigenvalue weighted by molar-refractivity contribution is -0.341. The maximum Gasteiger partial charge on any atom is 0.310 e. The van der Waals surface area contributed by atoms with E-state index >= 15 is 0 Å². The van der Waals surface area contributed by atoms with Gasteiger partial charge in [-0.3, -0.25) is 14.8 Å². The molecule has 55 heavy (non-hydrogen) atoms. The molecule has 10 heteroatoms. The van der Waals surface area contributed by atoms with Crippen LogP contribution in [0.1, 0.15) is 169 Å². The summed E-state index contributed by atoms with van der Waals surface area (Å²) in [7, 11) is 0. The van der Waals surface area contributed by atoms with Crippen molar-refractivity contribution in [1.29, 1.82) is 0 Å². The summed E-state index contributed by atoms with van der Waals surface area (Å²) < 4.78 is 19.3. The zero-order valence-electron chi connectivity index (χ0n) is 34.7. The summed E-state index contributed by atoms with van der Waals surface area (Å²) in [5, 5.41) is 18.6. The summed E-state index contributed by atoms with van der Waals surface area (Å²) in [6.45, 7) is 10.4. The molecule has 0 aromatic carbocycles. The van der Waals surface area contributed by atoms with Crippen LogP contribution in [0.5, 0.6) is 0 Å². The minimum Gasteiger partial charge on any atom is -0.481 e. The van der Waals surface area contributed by atoms with Crippen LogP contribution in [0, 0.1) is 52.8 Å². The average Bonchev–Trinajstić information content (AvgIpc) is 3.17. The number of aliphatic carboxylic acids is 1. The van der Waals surface area contributed by atoms with Crippen LogP contribution in [-0.4, -0.2) is 72.1 Å². The Hall–Kier alpha value is -1.30. The molecule has 6 atom stereocenters. The van der Waals surface area contributed by atoms with Gasteiger partial charge in [-0.15, -0.1) is 0 Å². The molecule has 6 aliphatic carbocycles. The lowest BCUT2D eigenvalue weighted by Gasteiger charge is -2.47. The van der Waals surface area contributed by atoms with E-state index in [9.17, 15) is 14.7 Å². The van der Waals surface area contributed by atoms with Crippen LogP contribution in [0.25, 0.3) is 0 Å². The number of hydrogen-bond donors (Lipinski definition) is 2. The monoisotopic (exact) mass is 777 g/mol. The van der Waals surface area contributed by atoms with Crippen LogP contribution in [0.2, 0.25) is 0 Å². The van der Waals surface area contributed by atoms with E-state index in [0.717, 1.165) is 95.3 Å². The lowest BCUT2D eigenvalue weighted by atomic mass is 9.60. The molecular weight excluding hydrogens is 700 g/mol. The van der Waals surface area contributed by atoms with Crippen LogP contribution in [0.4, 0.5) is 0 Å². The Kier molecular flexibility index (Phi) is 16.2. The fraction of sp³-hybridized carbons (Fsp3) is 0.956. The normalized spacial score (nSPS) is 40.7. The third kappa shape index (κ3) is 12.1. The van der Waals surface area contributed by atoms with Crippen molar-refractivity contribution in [3.63, 3.8) is 0 Å². The Bertz CT molecular complexity index is 1160. The molecular formula is C45H76O10. The summed E-state index contributed by atoms with van der Waals surface area (Å²) in [5.74, 6) is 0.938. The van der Waals surface area contributed by atoms with Crippen molar-refractivity contribution in [3.05, 3.63) is 0 Å². The fourth-order valence-electron chi connectivity index (χ4n) is 11.8.